The number of benzene rings is 2. The van der Waals surface area contributed by atoms with Crippen LogP contribution in [-0.4, -0.2) is 31.1 Å². The summed E-state index contributed by atoms with van der Waals surface area (Å²) in [6, 6.07) is 18.7. The molecule has 2 aromatic rings. The molecule has 2 atom stereocenters. The molecule has 1 aliphatic carbocycles. The van der Waals surface area contributed by atoms with E-state index in [1.165, 1.54) is 11.1 Å². The van der Waals surface area contributed by atoms with E-state index in [1.54, 1.807) is 0 Å². The number of aryl methyl sites for hydroxylation is 1. The van der Waals surface area contributed by atoms with Crippen molar-refractivity contribution in [2.45, 2.75) is 37.8 Å². The van der Waals surface area contributed by atoms with Crippen LogP contribution in [0.4, 0.5) is 0 Å². The second-order valence-corrected chi connectivity index (χ2v) is 7.51. The first-order valence-corrected chi connectivity index (χ1v) is 9.48. The van der Waals surface area contributed by atoms with E-state index < -0.39 is 0 Å². The Bertz CT molecular complexity index is 738. The van der Waals surface area contributed by atoms with Gasteiger partial charge in [0.2, 0.25) is 5.91 Å². The van der Waals surface area contributed by atoms with Crippen molar-refractivity contribution < 1.29 is 9.53 Å². The molecule has 1 saturated heterocycles. The molecule has 0 bridgehead atoms. The van der Waals surface area contributed by atoms with Crippen molar-refractivity contribution in [3.63, 3.8) is 0 Å². The third-order valence-corrected chi connectivity index (χ3v) is 5.54. The van der Waals surface area contributed by atoms with Gasteiger partial charge >= 0.3 is 0 Å². The van der Waals surface area contributed by atoms with Crippen LogP contribution in [-0.2, 0) is 4.79 Å². The lowest BCUT2D eigenvalue weighted by Crippen LogP contribution is -2.51. The fraction of sp³-hybridized carbons (Fsp3) is 0.409. The molecular weight excluding hydrogens is 324 g/mol. The number of nitrogens with one attached hydrogen (secondary N) is 2. The van der Waals surface area contributed by atoms with Gasteiger partial charge in [-0.15, -0.1) is 0 Å². The number of carbonyl (C=O) groups is 1. The zero-order chi connectivity index (χ0) is 17.9. The van der Waals surface area contributed by atoms with Crippen molar-refractivity contribution in [3.05, 3.63) is 65.7 Å². The largest absolute Gasteiger partial charge is 0.490 e. The molecule has 26 heavy (non-hydrogen) atoms. The fourth-order valence-electron chi connectivity index (χ4n) is 3.90. The molecule has 0 radical (unpaired) electrons. The molecule has 1 heterocycles. The first-order valence-electron chi connectivity index (χ1n) is 9.48. The summed E-state index contributed by atoms with van der Waals surface area (Å²) in [6.07, 6.45) is 1.97. The van der Waals surface area contributed by atoms with Crippen molar-refractivity contribution >= 4 is 5.91 Å². The molecule has 136 valence electrons. The topological polar surface area (TPSA) is 50.4 Å². The highest BCUT2D eigenvalue weighted by molar-refractivity contribution is 5.81. The van der Waals surface area contributed by atoms with Gasteiger partial charge in [0.05, 0.1) is 5.92 Å². The van der Waals surface area contributed by atoms with Crippen molar-refractivity contribution in [1.29, 1.82) is 0 Å². The van der Waals surface area contributed by atoms with Gasteiger partial charge in [0.25, 0.3) is 0 Å². The summed E-state index contributed by atoms with van der Waals surface area (Å²) in [4.78, 5) is 12.7. The highest BCUT2D eigenvalue weighted by atomic mass is 16.5. The SMILES string of the molecule is Cc1ccc(OC2CC(NC(=O)[C@H]3CNC[C@@H]3c3ccccc3)C2)cc1. The van der Waals surface area contributed by atoms with Crippen molar-refractivity contribution in [1.82, 2.24) is 10.6 Å². The fourth-order valence-corrected chi connectivity index (χ4v) is 3.90. The minimum atomic E-state index is 0.00877. The highest BCUT2D eigenvalue weighted by Crippen LogP contribution is 2.30. The van der Waals surface area contributed by atoms with Gasteiger partial charge in [-0.05, 0) is 24.6 Å². The summed E-state index contributed by atoms with van der Waals surface area (Å²) in [5, 5.41) is 6.60. The maximum atomic E-state index is 12.7. The van der Waals surface area contributed by atoms with Crippen LogP contribution in [0.2, 0.25) is 0 Å². The molecule has 2 fully saturated rings. The number of rotatable bonds is 5. The van der Waals surface area contributed by atoms with E-state index >= 15 is 0 Å². The summed E-state index contributed by atoms with van der Waals surface area (Å²) >= 11 is 0. The molecule has 4 rings (SSSR count). The smallest absolute Gasteiger partial charge is 0.225 e. The Morgan fingerprint density at radius 3 is 2.50 bits per heavy atom. The van der Waals surface area contributed by atoms with E-state index in [4.69, 9.17) is 4.74 Å². The van der Waals surface area contributed by atoms with E-state index in [-0.39, 0.29) is 29.9 Å². The van der Waals surface area contributed by atoms with Gasteiger partial charge in [0.1, 0.15) is 11.9 Å². The van der Waals surface area contributed by atoms with E-state index in [1.807, 2.05) is 30.3 Å². The van der Waals surface area contributed by atoms with Crippen LogP contribution in [0.5, 0.6) is 5.75 Å². The molecule has 0 spiro atoms. The zero-order valence-corrected chi connectivity index (χ0v) is 15.2. The summed E-state index contributed by atoms with van der Waals surface area (Å²) < 4.78 is 5.97. The molecule has 4 heteroatoms. The standard InChI is InChI=1S/C22H26N2O2/c1-15-7-9-18(10-8-15)26-19-11-17(12-19)24-22(25)21-14-23-13-20(21)16-5-3-2-4-6-16/h2-10,17,19-21,23H,11-14H2,1H3,(H,24,25)/t17?,19?,20-,21+/m1/s1. The molecule has 2 N–H and O–H groups in total. The lowest BCUT2D eigenvalue weighted by atomic mass is 9.85. The minimum absolute atomic E-state index is 0.00877. The molecular formula is C22H26N2O2. The third-order valence-electron chi connectivity index (χ3n) is 5.54. The van der Waals surface area contributed by atoms with Crippen LogP contribution in [0.1, 0.15) is 29.9 Å². The Kier molecular flexibility index (Phi) is 4.93. The maximum Gasteiger partial charge on any atom is 0.225 e. The monoisotopic (exact) mass is 350 g/mol. The van der Waals surface area contributed by atoms with Crippen LogP contribution >= 0.6 is 0 Å². The van der Waals surface area contributed by atoms with Crippen molar-refractivity contribution in [3.8, 4) is 5.75 Å². The van der Waals surface area contributed by atoms with Crippen molar-refractivity contribution in [2.75, 3.05) is 13.1 Å². The normalized spacial score (nSPS) is 27.6. The Balaban J connectivity index is 1.27. The van der Waals surface area contributed by atoms with E-state index in [0.717, 1.165) is 31.7 Å². The van der Waals surface area contributed by atoms with Gasteiger partial charge < -0.3 is 15.4 Å². The number of amides is 1. The molecule has 1 amide bonds. The molecule has 0 aromatic heterocycles. The molecule has 4 nitrogen and oxygen atoms in total. The Morgan fingerprint density at radius 1 is 1.04 bits per heavy atom. The summed E-state index contributed by atoms with van der Waals surface area (Å²) in [5.74, 6) is 1.35. The Labute approximate surface area is 155 Å². The predicted molar refractivity (Wildman–Crippen MR) is 102 cm³/mol. The number of ether oxygens (including phenoxy) is 1. The lowest BCUT2D eigenvalue weighted by molar-refractivity contribution is -0.126. The molecule has 1 aliphatic heterocycles. The van der Waals surface area contributed by atoms with Gasteiger partial charge in [0.15, 0.2) is 0 Å². The second kappa shape index (κ2) is 7.50. The molecule has 2 aliphatic rings. The Hall–Kier alpha value is -2.33. The summed E-state index contributed by atoms with van der Waals surface area (Å²) in [6.45, 7) is 3.69. The first kappa shape index (κ1) is 17.1. The molecule has 2 aromatic carbocycles. The minimum Gasteiger partial charge on any atom is -0.490 e. The van der Waals surface area contributed by atoms with Gasteiger partial charge in [-0.25, -0.2) is 0 Å². The quantitative estimate of drug-likeness (QED) is 0.871. The van der Waals surface area contributed by atoms with E-state index in [2.05, 4.69) is 41.8 Å². The Morgan fingerprint density at radius 2 is 1.77 bits per heavy atom. The van der Waals surface area contributed by atoms with E-state index in [9.17, 15) is 4.79 Å². The first-order chi connectivity index (χ1) is 12.7. The average Bonchev–Trinajstić information content (AvgIpc) is 3.12. The molecule has 0 unspecified atom stereocenters. The lowest BCUT2D eigenvalue weighted by Gasteiger charge is -2.36. The summed E-state index contributed by atoms with van der Waals surface area (Å²) in [7, 11) is 0. The third kappa shape index (κ3) is 3.75. The van der Waals surface area contributed by atoms with Crippen LogP contribution in [0.15, 0.2) is 54.6 Å². The number of hydrogen-bond acceptors (Lipinski definition) is 3. The predicted octanol–water partition coefficient (Wildman–Crippen LogP) is 3.02. The van der Waals surface area contributed by atoms with Crippen LogP contribution in [0, 0.1) is 12.8 Å². The number of carbonyl (C=O) groups excluding carboxylic acids is 1. The number of hydrogen-bond donors (Lipinski definition) is 2. The van der Waals surface area contributed by atoms with Gasteiger partial charge in [0, 0.05) is 37.9 Å². The molecule has 1 saturated carbocycles. The van der Waals surface area contributed by atoms with Crippen LogP contribution < -0.4 is 15.4 Å². The van der Waals surface area contributed by atoms with Crippen LogP contribution in [0.3, 0.4) is 0 Å². The average molecular weight is 350 g/mol. The van der Waals surface area contributed by atoms with Gasteiger partial charge in [-0.2, -0.15) is 0 Å². The summed E-state index contributed by atoms with van der Waals surface area (Å²) in [5.41, 5.74) is 2.47. The van der Waals surface area contributed by atoms with Crippen molar-refractivity contribution in [2.24, 2.45) is 5.92 Å². The maximum absolute atomic E-state index is 12.7. The highest BCUT2D eigenvalue weighted by Gasteiger charge is 2.38. The van der Waals surface area contributed by atoms with Gasteiger partial charge in [-0.1, -0.05) is 48.0 Å². The second-order valence-electron chi connectivity index (χ2n) is 7.51. The zero-order valence-electron chi connectivity index (χ0n) is 15.2. The van der Waals surface area contributed by atoms with Crippen LogP contribution in [0.25, 0.3) is 0 Å². The van der Waals surface area contributed by atoms with Gasteiger partial charge in [-0.3, -0.25) is 4.79 Å². The van der Waals surface area contributed by atoms with E-state index in [0.29, 0.717) is 0 Å².